The third kappa shape index (κ3) is 7.35. The molecule has 12 heteroatoms. The number of rotatable bonds is 10. The molecule has 0 spiro atoms. The number of carbonyl (C=O) groups is 4. The lowest BCUT2D eigenvalue weighted by molar-refractivity contribution is -0.132. The first-order valence-corrected chi connectivity index (χ1v) is 19.8. The lowest BCUT2D eigenvalue weighted by Crippen LogP contribution is -2.47. The lowest BCUT2D eigenvalue weighted by Gasteiger charge is -2.35. The zero-order valence-corrected chi connectivity index (χ0v) is 31.7. The summed E-state index contributed by atoms with van der Waals surface area (Å²) in [5.41, 5.74) is 6.08. The number of amides is 2. The van der Waals surface area contributed by atoms with Crippen LogP contribution in [0.4, 0.5) is 4.39 Å². The van der Waals surface area contributed by atoms with Crippen molar-refractivity contribution in [1.82, 2.24) is 19.8 Å². The van der Waals surface area contributed by atoms with E-state index in [2.05, 4.69) is 27.0 Å². The Morgan fingerprint density at radius 1 is 0.793 bits per heavy atom. The second-order valence-electron chi connectivity index (χ2n) is 15.5. The van der Waals surface area contributed by atoms with Crippen LogP contribution in [0.5, 0.6) is 17.4 Å². The van der Waals surface area contributed by atoms with Crippen LogP contribution in [-0.4, -0.2) is 86.6 Å². The van der Waals surface area contributed by atoms with Crippen LogP contribution in [0, 0.1) is 5.82 Å². The first-order chi connectivity index (χ1) is 28.2. The van der Waals surface area contributed by atoms with Gasteiger partial charge >= 0.3 is 0 Å². The van der Waals surface area contributed by atoms with Gasteiger partial charge in [0.15, 0.2) is 5.78 Å². The highest BCUT2D eigenvalue weighted by Crippen LogP contribution is 2.47. The van der Waals surface area contributed by atoms with Gasteiger partial charge in [0.2, 0.25) is 5.88 Å². The third-order valence-corrected chi connectivity index (χ3v) is 11.9. The van der Waals surface area contributed by atoms with Crippen molar-refractivity contribution in [3.8, 4) is 28.6 Å². The molecule has 0 radical (unpaired) electrons. The number of aromatic hydroxyl groups is 1. The van der Waals surface area contributed by atoms with Gasteiger partial charge in [0.05, 0.1) is 41.7 Å². The van der Waals surface area contributed by atoms with Gasteiger partial charge in [-0.2, -0.15) is 0 Å². The van der Waals surface area contributed by atoms with E-state index >= 15 is 0 Å². The van der Waals surface area contributed by atoms with Gasteiger partial charge in [-0.1, -0.05) is 36.4 Å². The molecule has 1 saturated heterocycles. The maximum atomic E-state index is 13.8. The number of phenols is 1. The fourth-order valence-corrected chi connectivity index (χ4v) is 8.98. The number of phenolic OH excluding ortho intramolecular Hbond substituents is 1. The van der Waals surface area contributed by atoms with Crippen molar-refractivity contribution in [3.05, 3.63) is 137 Å². The number of ketones is 2. The molecule has 1 N–H and O–H groups in total. The summed E-state index contributed by atoms with van der Waals surface area (Å²) in [6.45, 7) is 2.79. The standard InChI is InChI=1S/C46H41FN4O7/c47-31-7-1-27(2-8-31)36-13-5-29-21-32(52)9-15-37(29)44(36)28-3-11-34(12-4-28)57-20-19-50-18-17-35(26-50)58-43-25-48-40(24-49-43)30-6-14-38-39(22-30)46(56)51(45(38)55)41-16-10-33(53)23-42(41)54/h1-4,6-9,11-12,14-15,21-22,24-25,35-36,41,44,52H,5,10,13,16-20,23,26H2/t35-,36-,41?,44+/m0/s1. The number of carbonyl (C=O) groups excluding carboxylic acids is 4. The molecule has 3 heterocycles. The van der Waals surface area contributed by atoms with Crippen molar-refractivity contribution in [1.29, 1.82) is 0 Å². The number of halogens is 1. The van der Waals surface area contributed by atoms with Crippen molar-refractivity contribution in [3.63, 3.8) is 0 Å². The average Bonchev–Trinajstić information content (AvgIpc) is 3.78. The summed E-state index contributed by atoms with van der Waals surface area (Å²) in [5, 5.41) is 10.2. The van der Waals surface area contributed by atoms with Crippen LogP contribution in [-0.2, 0) is 16.0 Å². The molecule has 4 atom stereocenters. The molecule has 294 valence electrons. The van der Waals surface area contributed by atoms with Crippen LogP contribution in [0.2, 0.25) is 0 Å². The minimum absolute atomic E-state index is 0.0600. The molecule has 58 heavy (non-hydrogen) atoms. The van der Waals surface area contributed by atoms with Crippen LogP contribution in [0.15, 0.2) is 97.3 Å². The normalized spacial score (nSPS) is 21.9. The van der Waals surface area contributed by atoms with E-state index in [-0.39, 0.29) is 65.7 Å². The number of hydrogen-bond donors (Lipinski definition) is 1. The quantitative estimate of drug-likeness (QED) is 0.121. The molecule has 4 aromatic carbocycles. The van der Waals surface area contributed by atoms with Gasteiger partial charge in [0.1, 0.15) is 35.8 Å². The van der Waals surface area contributed by atoms with Crippen LogP contribution in [0.1, 0.15) is 86.9 Å². The Kier molecular flexibility index (Phi) is 10.0. The smallest absolute Gasteiger partial charge is 0.262 e. The Bertz CT molecular complexity index is 2400. The number of aromatic nitrogens is 2. The van der Waals surface area contributed by atoms with Crippen LogP contribution in [0.25, 0.3) is 11.3 Å². The predicted octanol–water partition coefficient (Wildman–Crippen LogP) is 6.67. The Labute approximate surface area is 334 Å². The molecule has 2 fully saturated rings. The first-order valence-electron chi connectivity index (χ1n) is 19.8. The fourth-order valence-electron chi connectivity index (χ4n) is 8.98. The molecule has 2 aliphatic carbocycles. The predicted molar refractivity (Wildman–Crippen MR) is 210 cm³/mol. The number of hydrogen-bond acceptors (Lipinski definition) is 10. The van der Waals surface area contributed by atoms with Crippen LogP contribution < -0.4 is 9.47 Å². The van der Waals surface area contributed by atoms with E-state index in [1.54, 1.807) is 36.7 Å². The van der Waals surface area contributed by atoms with Gasteiger partial charge in [-0.05, 0) is 102 Å². The first kappa shape index (κ1) is 37.3. The molecule has 0 bridgehead atoms. The number of imide groups is 1. The number of aryl methyl sites for hydroxylation is 1. The molecule has 1 saturated carbocycles. The van der Waals surface area contributed by atoms with E-state index in [1.807, 2.05) is 36.4 Å². The molecular weight excluding hydrogens is 740 g/mol. The molecule has 9 rings (SSSR count). The Hall–Kier alpha value is -6.27. The monoisotopic (exact) mass is 780 g/mol. The summed E-state index contributed by atoms with van der Waals surface area (Å²) in [6.07, 6.45) is 5.66. The number of nitrogens with zero attached hydrogens (tertiary/aromatic N) is 4. The average molecular weight is 781 g/mol. The summed E-state index contributed by atoms with van der Waals surface area (Å²) in [7, 11) is 0. The van der Waals surface area contributed by atoms with Crippen LogP contribution in [0.3, 0.4) is 0 Å². The maximum Gasteiger partial charge on any atom is 0.262 e. The summed E-state index contributed by atoms with van der Waals surface area (Å²) >= 11 is 0. The van der Waals surface area contributed by atoms with E-state index in [4.69, 9.17) is 9.47 Å². The molecule has 11 nitrogen and oxygen atoms in total. The Morgan fingerprint density at radius 3 is 2.36 bits per heavy atom. The number of benzene rings is 4. The Morgan fingerprint density at radius 2 is 1.59 bits per heavy atom. The lowest BCUT2D eigenvalue weighted by atomic mass is 9.69. The Balaban J connectivity index is 0.778. The van der Waals surface area contributed by atoms with Gasteiger partial charge < -0.3 is 14.6 Å². The highest BCUT2D eigenvalue weighted by atomic mass is 19.1. The second-order valence-corrected chi connectivity index (χ2v) is 15.5. The SMILES string of the molecule is O=C1CCC(N2C(=O)c3ccc(-c4cnc(O[C@H]5CCN(CCOc6ccc([C@H]7c8ccc(O)cc8CC[C@H]7c7ccc(F)cc7)cc6)C5)cn4)cc3C2=O)C(=O)C1. The van der Waals surface area contributed by atoms with Crippen LogP contribution >= 0.6 is 0 Å². The van der Waals surface area contributed by atoms with E-state index < -0.39 is 23.6 Å². The maximum absolute atomic E-state index is 13.8. The molecule has 2 aliphatic heterocycles. The van der Waals surface area contributed by atoms with Gasteiger partial charge in [0.25, 0.3) is 11.8 Å². The zero-order valence-electron chi connectivity index (χ0n) is 31.7. The molecule has 4 aliphatic rings. The molecule has 1 unspecified atom stereocenters. The van der Waals surface area contributed by atoms with Crippen molar-refractivity contribution in [2.45, 2.75) is 62.5 Å². The van der Waals surface area contributed by atoms with Crippen molar-refractivity contribution in [2.24, 2.45) is 0 Å². The summed E-state index contributed by atoms with van der Waals surface area (Å²) in [4.78, 5) is 62.9. The van der Waals surface area contributed by atoms with E-state index in [0.717, 1.165) is 59.7 Å². The number of Topliss-reactive ketones (excluding diaryl/α,β-unsaturated/α-hetero) is 2. The summed E-state index contributed by atoms with van der Waals surface area (Å²) in [6, 6.07) is 24.6. The molecular formula is C46H41FN4O7. The number of likely N-dealkylation sites (tertiary alicyclic amines) is 1. The second kappa shape index (κ2) is 15.6. The molecule has 5 aromatic rings. The summed E-state index contributed by atoms with van der Waals surface area (Å²) in [5.74, 6) is -0.238. The van der Waals surface area contributed by atoms with Gasteiger partial charge in [0, 0.05) is 37.5 Å². The number of fused-ring (bicyclic) bond motifs is 2. The van der Waals surface area contributed by atoms with Gasteiger partial charge in [-0.15, -0.1) is 0 Å². The molecule has 2 amide bonds. The van der Waals surface area contributed by atoms with Crippen molar-refractivity contribution in [2.75, 3.05) is 26.2 Å². The molecule has 1 aromatic heterocycles. The topological polar surface area (TPSA) is 139 Å². The largest absolute Gasteiger partial charge is 0.508 e. The van der Waals surface area contributed by atoms with Crippen molar-refractivity contribution >= 4 is 23.4 Å². The zero-order chi connectivity index (χ0) is 39.9. The fraction of sp³-hybridized carbons (Fsp3) is 0.304. The van der Waals surface area contributed by atoms with E-state index in [1.165, 1.54) is 17.7 Å². The highest BCUT2D eigenvalue weighted by Gasteiger charge is 2.44. The minimum atomic E-state index is -0.921. The van der Waals surface area contributed by atoms with Gasteiger partial charge in [-0.3, -0.25) is 29.0 Å². The van der Waals surface area contributed by atoms with Crippen molar-refractivity contribution < 1.29 is 38.1 Å². The van der Waals surface area contributed by atoms with E-state index in [0.29, 0.717) is 30.3 Å². The third-order valence-electron chi connectivity index (χ3n) is 11.9. The highest BCUT2D eigenvalue weighted by molar-refractivity contribution is 6.24. The van der Waals surface area contributed by atoms with E-state index in [9.17, 15) is 28.7 Å². The number of ether oxygens (including phenoxy) is 2. The minimum Gasteiger partial charge on any atom is -0.508 e. The van der Waals surface area contributed by atoms with Gasteiger partial charge in [-0.25, -0.2) is 14.4 Å². The summed E-state index contributed by atoms with van der Waals surface area (Å²) < 4.78 is 26.1.